The Kier molecular flexibility index (Phi) is 4.87. The number of amides is 1. The van der Waals surface area contributed by atoms with E-state index in [4.69, 9.17) is 4.74 Å². The van der Waals surface area contributed by atoms with Crippen molar-refractivity contribution in [2.24, 2.45) is 5.92 Å². The highest BCUT2D eigenvalue weighted by molar-refractivity contribution is 7.13. The number of hydrogen-bond donors (Lipinski definition) is 2. The third kappa shape index (κ3) is 3.37. The number of anilines is 1. The van der Waals surface area contributed by atoms with Crippen LogP contribution in [0.1, 0.15) is 12.8 Å². The average molecular weight is 321 g/mol. The Hall–Kier alpha value is -1.70. The van der Waals surface area contributed by atoms with Gasteiger partial charge in [-0.05, 0) is 24.3 Å². The molecule has 22 heavy (non-hydrogen) atoms. The number of hydrogen-bond acceptors (Lipinski definition) is 5. The Morgan fingerprint density at radius 1 is 1.59 bits per heavy atom. The van der Waals surface area contributed by atoms with Gasteiger partial charge in [-0.1, -0.05) is 6.07 Å². The summed E-state index contributed by atoms with van der Waals surface area (Å²) in [6, 6.07) is 5.79. The number of carbonyl (C=O) groups is 1. The molecule has 2 aromatic heterocycles. The van der Waals surface area contributed by atoms with Crippen molar-refractivity contribution in [2.75, 3.05) is 25.1 Å². The van der Waals surface area contributed by atoms with Gasteiger partial charge < -0.3 is 15.2 Å². The van der Waals surface area contributed by atoms with Gasteiger partial charge in [0.2, 0.25) is 5.91 Å². The molecule has 2 N–H and O–H groups in total. The van der Waals surface area contributed by atoms with E-state index in [0.29, 0.717) is 19.0 Å². The Balaban J connectivity index is 1.77. The first-order valence-electron chi connectivity index (χ1n) is 7.39. The van der Waals surface area contributed by atoms with Crippen molar-refractivity contribution in [3.8, 4) is 10.6 Å². The second kappa shape index (κ2) is 7.04. The lowest BCUT2D eigenvalue weighted by Gasteiger charge is -2.21. The summed E-state index contributed by atoms with van der Waals surface area (Å²) in [5.74, 6) is 0.459. The van der Waals surface area contributed by atoms with Crippen molar-refractivity contribution < 1.29 is 14.6 Å². The van der Waals surface area contributed by atoms with E-state index in [2.05, 4.69) is 10.4 Å². The van der Waals surface area contributed by atoms with Gasteiger partial charge in [-0.3, -0.25) is 4.79 Å². The smallest absolute Gasteiger partial charge is 0.230 e. The maximum atomic E-state index is 12.3. The van der Waals surface area contributed by atoms with Crippen LogP contribution >= 0.6 is 11.3 Å². The first-order valence-corrected chi connectivity index (χ1v) is 8.27. The van der Waals surface area contributed by atoms with Gasteiger partial charge in [0.05, 0.1) is 30.6 Å². The van der Waals surface area contributed by atoms with E-state index in [9.17, 15) is 9.90 Å². The molecule has 0 saturated carbocycles. The van der Waals surface area contributed by atoms with E-state index in [1.165, 1.54) is 0 Å². The molecule has 1 atom stereocenters. The van der Waals surface area contributed by atoms with Crippen LogP contribution in [-0.4, -0.2) is 40.6 Å². The molecule has 118 valence electrons. The standard InChI is InChI=1S/C15H19N3O3S/c19-6-5-18-14(9-12(17-18)13-4-2-8-22-13)16-15(20)11-3-1-7-21-10-11/h2,4,8-9,11,19H,1,3,5-7,10H2,(H,16,20). The summed E-state index contributed by atoms with van der Waals surface area (Å²) >= 11 is 1.59. The van der Waals surface area contributed by atoms with Crippen molar-refractivity contribution in [3.63, 3.8) is 0 Å². The normalized spacial score (nSPS) is 18.3. The largest absolute Gasteiger partial charge is 0.394 e. The Morgan fingerprint density at radius 3 is 3.18 bits per heavy atom. The van der Waals surface area contributed by atoms with Gasteiger partial charge in [-0.25, -0.2) is 4.68 Å². The van der Waals surface area contributed by atoms with Crippen molar-refractivity contribution >= 4 is 23.1 Å². The number of nitrogens with zero attached hydrogens (tertiary/aromatic N) is 2. The number of thiophene rings is 1. The van der Waals surface area contributed by atoms with Crippen LogP contribution in [0.5, 0.6) is 0 Å². The van der Waals surface area contributed by atoms with Gasteiger partial charge in [0, 0.05) is 12.7 Å². The number of aliphatic hydroxyl groups is 1. The fourth-order valence-corrected chi connectivity index (χ4v) is 3.18. The number of ether oxygens (including phenoxy) is 1. The van der Waals surface area contributed by atoms with Crippen molar-refractivity contribution in [1.29, 1.82) is 0 Å². The van der Waals surface area contributed by atoms with Crippen LogP contribution in [0.15, 0.2) is 23.6 Å². The molecule has 0 aromatic carbocycles. The maximum Gasteiger partial charge on any atom is 0.230 e. The third-order valence-electron chi connectivity index (χ3n) is 3.65. The van der Waals surface area contributed by atoms with Crippen LogP contribution in [0, 0.1) is 5.92 Å². The minimum atomic E-state index is -0.114. The number of aliphatic hydroxyl groups excluding tert-OH is 1. The Morgan fingerprint density at radius 2 is 2.50 bits per heavy atom. The van der Waals surface area contributed by atoms with Crippen LogP contribution in [0.3, 0.4) is 0 Å². The molecule has 1 unspecified atom stereocenters. The van der Waals surface area contributed by atoms with Crippen LogP contribution in [0.2, 0.25) is 0 Å². The molecule has 3 heterocycles. The minimum absolute atomic E-state index is 0.0268. The third-order valence-corrected chi connectivity index (χ3v) is 4.54. The lowest BCUT2D eigenvalue weighted by Crippen LogP contribution is -2.31. The summed E-state index contributed by atoms with van der Waals surface area (Å²) in [6.07, 6.45) is 1.76. The van der Waals surface area contributed by atoms with E-state index in [0.717, 1.165) is 30.0 Å². The van der Waals surface area contributed by atoms with Gasteiger partial charge in [0.1, 0.15) is 11.5 Å². The van der Waals surface area contributed by atoms with E-state index in [1.807, 2.05) is 23.6 Å². The number of rotatable bonds is 5. The summed E-state index contributed by atoms with van der Waals surface area (Å²) in [5, 5.41) is 18.5. The molecule has 0 bridgehead atoms. The first kappa shape index (κ1) is 15.2. The highest BCUT2D eigenvalue weighted by Crippen LogP contribution is 2.26. The molecule has 6 nitrogen and oxygen atoms in total. The van der Waals surface area contributed by atoms with Crippen molar-refractivity contribution in [1.82, 2.24) is 9.78 Å². The van der Waals surface area contributed by atoms with Crippen molar-refractivity contribution in [3.05, 3.63) is 23.6 Å². The second-order valence-corrected chi connectivity index (χ2v) is 6.19. The van der Waals surface area contributed by atoms with Crippen LogP contribution in [-0.2, 0) is 16.1 Å². The summed E-state index contributed by atoms with van der Waals surface area (Å²) < 4.78 is 7.00. The van der Waals surface area contributed by atoms with Crippen LogP contribution in [0.4, 0.5) is 5.82 Å². The first-order chi connectivity index (χ1) is 10.8. The molecule has 1 fully saturated rings. The van der Waals surface area contributed by atoms with Gasteiger partial charge in [-0.2, -0.15) is 5.10 Å². The molecule has 1 aliphatic rings. The average Bonchev–Trinajstić information content (AvgIpc) is 3.19. The Bertz CT molecular complexity index is 618. The number of nitrogens with one attached hydrogen (secondary N) is 1. The molecule has 2 aromatic rings. The molecular weight excluding hydrogens is 302 g/mol. The zero-order valence-electron chi connectivity index (χ0n) is 12.2. The van der Waals surface area contributed by atoms with E-state index in [1.54, 1.807) is 16.0 Å². The minimum Gasteiger partial charge on any atom is -0.394 e. The molecule has 3 rings (SSSR count). The van der Waals surface area contributed by atoms with Crippen LogP contribution < -0.4 is 5.32 Å². The molecule has 0 radical (unpaired) electrons. The quantitative estimate of drug-likeness (QED) is 0.883. The molecule has 0 aliphatic carbocycles. The van der Waals surface area contributed by atoms with Gasteiger partial charge >= 0.3 is 0 Å². The summed E-state index contributed by atoms with van der Waals surface area (Å²) in [4.78, 5) is 13.4. The van der Waals surface area contributed by atoms with Crippen molar-refractivity contribution in [2.45, 2.75) is 19.4 Å². The molecule has 1 aliphatic heterocycles. The van der Waals surface area contributed by atoms with E-state index >= 15 is 0 Å². The zero-order chi connectivity index (χ0) is 15.4. The van der Waals surface area contributed by atoms with E-state index in [-0.39, 0.29) is 18.4 Å². The number of carbonyl (C=O) groups excluding carboxylic acids is 1. The lowest BCUT2D eigenvalue weighted by molar-refractivity contribution is -0.123. The monoisotopic (exact) mass is 321 g/mol. The molecule has 1 saturated heterocycles. The molecule has 7 heteroatoms. The predicted octanol–water partition coefficient (Wildman–Crippen LogP) is 1.97. The molecule has 1 amide bonds. The van der Waals surface area contributed by atoms with Gasteiger partial charge in [0.15, 0.2) is 0 Å². The SMILES string of the molecule is O=C(Nc1cc(-c2cccs2)nn1CCO)C1CCCOC1. The summed E-state index contributed by atoms with van der Waals surface area (Å²) in [7, 11) is 0. The lowest BCUT2D eigenvalue weighted by atomic mass is 10.0. The van der Waals surface area contributed by atoms with Gasteiger partial charge in [-0.15, -0.1) is 11.3 Å². The predicted molar refractivity (Wildman–Crippen MR) is 84.8 cm³/mol. The van der Waals surface area contributed by atoms with E-state index < -0.39 is 0 Å². The fourth-order valence-electron chi connectivity index (χ4n) is 2.50. The summed E-state index contributed by atoms with van der Waals surface area (Å²) in [6.45, 7) is 1.52. The molecular formula is C15H19N3O3S. The van der Waals surface area contributed by atoms with Gasteiger partial charge in [0.25, 0.3) is 0 Å². The maximum absolute atomic E-state index is 12.3. The highest BCUT2D eigenvalue weighted by Gasteiger charge is 2.23. The van der Waals surface area contributed by atoms with Crippen LogP contribution in [0.25, 0.3) is 10.6 Å². The Labute approximate surface area is 132 Å². The number of aromatic nitrogens is 2. The fraction of sp³-hybridized carbons (Fsp3) is 0.467. The second-order valence-electron chi connectivity index (χ2n) is 5.24. The molecule has 0 spiro atoms. The zero-order valence-corrected chi connectivity index (χ0v) is 13.0. The topological polar surface area (TPSA) is 76.4 Å². The summed E-state index contributed by atoms with van der Waals surface area (Å²) in [5.41, 5.74) is 0.804. The highest BCUT2D eigenvalue weighted by atomic mass is 32.1.